The lowest BCUT2D eigenvalue weighted by Crippen LogP contribution is -2.15. The summed E-state index contributed by atoms with van der Waals surface area (Å²) in [6.45, 7) is 4.98. The summed E-state index contributed by atoms with van der Waals surface area (Å²) in [5, 5.41) is 10.5. The van der Waals surface area contributed by atoms with Crippen LogP contribution in [-0.2, 0) is 24.9 Å². The first-order chi connectivity index (χ1) is 9.56. The predicted octanol–water partition coefficient (Wildman–Crippen LogP) is 1.98. The van der Waals surface area contributed by atoms with Crippen LogP contribution in [-0.4, -0.2) is 15.7 Å². The zero-order valence-electron chi connectivity index (χ0n) is 12.1. The van der Waals surface area contributed by atoms with E-state index < -0.39 is 0 Å². The van der Waals surface area contributed by atoms with Gasteiger partial charge in [-0.1, -0.05) is 18.2 Å². The van der Waals surface area contributed by atoms with E-state index >= 15 is 0 Å². The largest absolute Gasteiger partial charge is 0.326 e. The van der Waals surface area contributed by atoms with Crippen molar-refractivity contribution in [2.24, 2.45) is 7.05 Å². The Labute approximate surface area is 119 Å². The number of nitrogens with zero attached hydrogens (tertiary/aromatic N) is 2. The van der Waals surface area contributed by atoms with E-state index in [4.69, 9.17) is 0 Å². The van der Waals surface area contributed by atoms with Crippen molar-refractivity contribution in [2.75, 3.05) is 5.32 Å². The summed E-state index contributed by atoms with van der Waals surface area (Å²) in [7, 11) is 1.92. The second-order valence-corrected chi connectivity index (χ2v) is 4.86. The molecule has 0 aliphatic rings. The summed E-state index contributed by atoms with van der Waals surface area (Å²) < 4.78 is 1.82. The molecule has 1 heterocycles. The summed E-state index contributed by atoms with van der Waals surface area (Å²) in [6, 6.07) is 7.81. The molecule has 1 aromatic heterocycles. The van der Waals surface area contributed by atoms with Crippen molar-refractivity contribution in [3.63, 3.8) is 0 Å². The molecular formula is C15H20N4O. The van der Waals surface area contributed by atoms with Gasteiger partial charge in [0.05, 0.1) is 5.69 Å². The Kier molecular flexibility index (Phi) is 4.53. The van der Waals surface area contributed by atoms with Crippen molar-refractivity contribution in [2.45, 2.75) is 26.9 Å². The number of benzene rings is 1. The van der Waals surface area contributed by atoms with Gasteiger partial charge in [0.15, 0.2) is 0 Å². The van der Waals surface area contributed by atoms with Crippen molar-refractivity contribution < 1.29 is 4.79 Å². The highest BCUT2D eigenvalue weighted by Gasteiger charge is 2.05. The molecule has 0 fully saturated rings. The van der Waals surface area contributed by atoms with Crippen LogP contribution in [0, 0.1) is 6.92 Å². The lowest BCUT2D eigenvalue weighted by Gasteiger charge is -2.10. The van der Waals surface area contributed by atoms with E-state index in [0.29, 0.717) is 6.54 Å². The molecule has 0 spiro atoms. The average molecular weight is 272 g/mol. The molecule has 1 aromatic carbocycles. The third kappa shape index (κ3) is 3.68. The highest BCUT2D eigenvalue weighted by molar-refractivity contribution is 5.89. The van der Waals surface area contributed by atoms with E-state index in [9.17, 15) is 4.79 Å². The molecule has 2 aromatic rings. The van der Waals surface area contributed by atoms with Gasteiger partial charge in [0.1, 0.15) is 0 Å². The monoisotopic (exact) mass is 272 g/mol. The number of rotatable bonds is 5. The molecule has 5 heteroatoms. The number of nitrogens with one attached hydrogen (secondary N) is 2. The standard InChI is InChI=1S/C15H20N4O/c1-11-14(10-19(3)18-11)9-16-8-13-6-4-5-7-15(13)17-12(2)20/h4-7,10,16H,8-9H2,1-3H3,(H,17,20). The molecule has 5 nitrogen and oxygen atoms in total. The number of hydrogen-bond donors (Lipinski definition) is 2. The minimum Gasteiger partial charge on any atom is -0.326 e. The molecule has 0 saturated heterocycles. The van der Waals surface area contributed by atoms with E-state index in [1.165, 1.54) is 12.5 Å². The molecule has 0 unspecified atom stereocenters. The minimum absolute atomic E-state index is 0.0550. The fourth-order valence-corrected chi connectivity index (χ4v) is 2.14. The van der Waals surface area contributed by atoms with Gasteiger partial charge in [-0.3, -0.25) is 9.48 Å². The minimum atomic E-state index is -0.0550. The third-order valence-electron chi connectivity index (χ3n) is 3.07. The van der Waals surface area contributed by atoms with Crippen LogP contribution < -0.4 is 10.6 Å². The SMILES string of the molecule is CC(=O)Nc1ccccc1CNCc1cn(C)nc1C. The van der Waals surface area contributed by atoms with Crippen molar-refractivity contribution >= 4 is 11.6 Å². The maximum absolute atomic E-state index is 11.2. The van der Waals surface area contributed by atoms with Gasteiger partial charge in [0, 0.05) is 44.5 Å². The summed E-state index contributed by atoms with van der Waals surface area (Å²) >= 11 is 0. The highest BCUT2D eigenvalue weighted by Crippen LogP contribution is 2.15. The molecule has 2 rings (SSSR count). The first-order valence-corrected chi connectivity index (χ1v) is 6.61. The quantitative estimate of drug-likeness (QED) is 0.875. The smallest absolute Gasteiger partial charge is 0.221 e. The number of carbonyl (C=O) groups is 1. The highest BCUT2D eigenvalue weighted by atomic mass is 16.1. The predicted molar refractivity (Wildman–Crippen MR) is 79.2 cm³/mol. The number of anilines is 1. The van der Waals surface area contributed by atoms with Crippen LogP contribution in [0.15, 0.2) is 30.5 Å². The van der Waals surface area contributed by atoms with Crippen LogP contribution in [0.1, 0.15) is 23.7 Å². The van der Waals surface area contributed by atoms with Crippen molar-refractivity contribution in [1.82, 2.24) is 15.1 Å². The number of aromatic nitrogens is 2. The molecule has 1 amide bonds. The number of aryl methyl sites for hydroxylation is 2. The number of para-hydroxylation sites is 1. The maximum atomic E-state index is 11.2. The van der Waals surface area contributed by atoms with E-state index in [1.54, 1.807) is 0 Å². The number of carbonyl (C=O) groups excluding carboxylic acids is 1. The van der Waals surface area contributed by atoms with Gasteiger partial charge in [-0.2, -0.15) is 5.10 Å². The Morgan fingerprint density at radius 3 is 2.60 bits per heavy atom. The third-order valence-corrected chi connectivity index (χ3v) is 3.07. The van der Waals surface area contributed by atoms with Gasteiger partial charge in [0.25, 0.3) is 0 Å². The zero-order chi connectivity index (χ0) is 14.5. The van der Waals surface area contributed by atoms with Gasteiger partial charge in [0.2, 0.25) is 5.91 Å². The van der Waals surface area contributed by atoms with Gasteiger partial charge in [-0.05, 0) is 18.6 Å². The van der Waals surface area contributed by atoms with Crippen molar-refractivity contribution in [3.8, 4) is 0 Å². The Morgan fingerprint density at radius 2 is 1.95 bits per heavy atom. The summed E-state index contributed by atoms with van der Waals surface area (Å²) in [4.78, 5) is 11.2. The van der Waals surface area contributed by atoms with Crippen molar-refractivity contribution in [1.29, 1.82) is 0 Å². The average Bonchev–Trinajstić information content (AvgIpc) is 2.69. The molecule has 0 saturated carbocycles. The fourth-order valence-electron chi connectivity index (χ4n) is 2.14. The second kappa shape index (κ2) is 6.34. The van der Waals surface area contributed by atoms with Crippen LogP contribution in [0.5, 0.6) is 0 Å². The Bertz CT molecular complexity index is 604. The van der Waals surface area contributed by atoms with E-state index in [1.807, 2.05) is 49.1 Å². The summed E-state index contributed by atoms with van der Waals surface area (Å²) in [5.74, 6) is -0.0550. The van der Waals surface area contributed by atoms with E-state index in [0.717, 1.165) is 23.5 Å². The Morgan fingerprint density at radius 1 is 1.25 bits per heavy atom. The lowest BCUT2D eigenvalue weighted by molar-refractivity contribution is -0.114. The van der Waals surface area contributed by atoms with Gasteiger partial charge < -0.3 is 10.6 Å². The summed E-state index contributed by atoms with van der Waals surface area (Å²) in [5.41, 5.74) is 4.15. The number of hydrogen-bond acceptors (Lipinski definition) is 3. The van der Waals surface area contributed by atoms with Crippen molar-refractivity contribution in [3.05, 3.63) is 47.3 Å². The molecule has 0 radical (unpaired) electrons. The molecule has 0 aliphatic heterocycles. The van der Waals surface area contributed by atoms with Crippen LogP contribution in [0.25, 0.3) is 0 Å². The van der Waals surface area contributed by atoms with Crippen LogP contribution in [0.2, 0.25) is 0 Å². The molecular weight excluding hydrogens is 252 g/mol. The van der Waals surface area contributed by atoms with E-state index in [-0.39, 0.29) is 5.91 Å². The van der Waals surface area contributed by atoms with Gasteiger partial charge in [-0.15, -0.1) is 0 Å². The molecule has 0 atom stereocenters. The van der Waals surface area contributed by atoms with Crippen LogP contribution in [0.3, 0.4) is 0 Å². The zero-order valence-corrected chi connectivity index (χ0v) is 12.1. The molecule has 106 valence electrons. The number of amides is 1. The first-order valence-electron chi connectivity index (χ1n) is 6.61. The van der Waals surface area contributed by atoms with Crippen LogP contribution >= 0.6 is 0 Å². The second-order valence-electron chi connectivity index (χ2n) is 4.86. The molecule has 0 bridgehead atoms. The molecule has 2 N–H and O–H groups in total. The Hall–Kier alpha value is -2.14. The summed E-state index contributed by atoms with van der Waals surface area (Å²) in [6.07, 6.45) is 2.02. The normalized spacial score (nSPS) is 10.6. The topological polar surface area (TPSA) is 59.0 Å². The molecule has 0 aliphatic carbocycles. The fraction of sp³-hybridized carbons (Fsp3) is 0.333. The maximum Gasteiger partial charge on any atom is 0.221 e. The van der Waals surface area contributed by atoms with Gasteiger partial charge >= 0.3 is 0 Å². The van der Waals surface area contributed by atoms with E-state index in [2.05, 4.69) is 15.7 Å². The van der Waals surface area contributed by atoms with Gasteiger partial charge in [-0.25, -0.2) is 0 Å². The van der Waals surface area contributed by atoms with Crippen LogP contribution in [0.4, 0.5) is 5.69 Å². The first kappa shape index (κ1) is 14.3. The Balaban J connectivity index is 1.97. The lowest BCUT2D eigenvalue weighted by atomic mass is 10.1. The molecule has 20 heavy (non-hydrogen) atoms.